The van der Waals surface area contributed by atoms with Gasteiger partial charge in [-0.15, -0.1) is 0 Å². The van der Waals surface area contributed by atoms with Crippen molar-refractivity contribution in [3.8, 4) is 22.8 Å². The summed E-state index contributed by atoms with van der Waals surface area (Å²) in [7, 11) is -2.25. The van der Waals surface area contributed by atoms with E-state index in [1.807, 2.05) is 42.5 Å². The maximum atomic E-state index is 10.9. The predicted octanol–water partition coefficient (Wildman–Crippen LogP) is 5.40. The second-order valence-corrected chi connectivity index (χ2v) is 10.0. The third-order valence-electron chi connectivity index (χ3n) is 5.46. The number of ether oxygens (including phenoxy) is 2. The van der Waals surface area contributed by atoms with Crippen LogP contribution in [0.2, 0.25) is 0 Å². The van der Waals surface area contributed by atoms with Crippen LogP contribution >= 0.6 is 7.60 Å². The standard InChI is InChI=1S/C26H34NO6P/c1-31-23-10-5-9-21(18-23)8-3-2-4-15-32-26-13-12-22(19-24(26)25-11-6-16-33-25)20-27-14-7-17-34(28,29)30/h5-6,9-13,16,18-19,27H,2-4,7-8,14-15,17,20H2,1H3,(H2,28,29,30). The lowest BCUT2D eigenvalue weighted by atomic mass is 10.1. The summed E-state index contributed by atoms with van der Waals surface area (Å²) in [6, 6.07) is 18.0. The summed E-state index contributed by atoms with van der Waals surface area (Å²) in [6.45, 7) is 1.76. The number of furan rings is 1. The third kappa shape index (κ3) is 8.99. The highest BCUT2D eigenvalue weighted by Crippen LogP contribution is 2.34. The van der Waals surface area contributed by atoms with Gasteiger partial charge in [-0.05, 0) is 86.2 Å². The lowest BCUT2D eigenvalue weighted by Gasteiger charge is -2.13. The molecule has 0 saturated heterocycles. The van der Waals surface area contributed by atoms with Gasteiger partial charge in [0.05, 0.1) is 31.7 Å². The number of rotatable bonds is 15. The van der Waals surface area contributed by atoms with Crippen molar-refractivity contribution >= 4 is 7.60 Å². The van der Waals surface area contributed by atoms with Crippen LogP contribution in [-0.2, 0) is 17.5 Å². The largest absolute Gasteiger partial charge is 0.497 e. The average Bonchev–Trinajstić information content (AvgIpc) is 3.36. The van der Waals surface area contributed by atoms with E-state index in [4.69, 9.17) is 23.7 Å². The van der Waals surface area contributed by atoms with Crippen LogP contribution in [0.1, 0.15) is 36.8 Å². The van der Waals surface area contributed by atoms with E-state index in [0.717, 1.165) is 54.1 Å². The summed E-state index contributed by atoms with van der Waals surface area (Å²) >= 11 is 0. The molecule has 0 radical (unpaired) electrons. The summed E-state index contributed by atoms with van der Waals surface area (Å²) in [5.41, 5.74) is 3.23. The topological polar surface area (TPSA) is 101 Å². The Balaban J connectivity index is 1.47. The zero-order chi connectivity index (χ0) is 24.2. The number of hydrogen-bond donors (Lipinski definition) is 3. The molecule has 0 unspecified atom stereocenters. The van der Waals surface area contributed by atoms with Crippen LogP contribution in [0.25, 0.3) is 11.3 Å². The highest BCUT2D eigenvalue weighted by atomic mass is 31.2. The van der Waals surface area contributed by atoms with E-state index in [1.54, 1.807) is 13.4 Å². The summed E-state index contributed by atoms with van der Waals surface area (Å²) in [5.74, 6) is 2.43. The molecule has 34 heavy (non-hydrogen) atoms. The molecule has 0 aliphatic heterocycles. The maximum absolute atomic E-state index is 10.9. The molecule has 184 valence electrons. The average molecular weight is 488 g/mol. The second kappa shape index (κ2) is 13.4. The Morgan fingerprint density at radius 2 is 1.85 bits per heavy atom. The smallest absolute Gasteiger partial charge is 0.325 e. The normalized spacial score (nSPS) is 11.5. The first-order chi connectivity index (χ1) is 16.4. The molecule has 2 aromatic carbocycles. The van der Waals surface area contributed by atoms with Gasteiger partial charge < -0.3 is 29.0 Å². The number of methoxy groups -OCH3 is 1. The SMILES string of the molecule is COc1cccc(CCCCCOc2ccc(CNCCCP(=O)(O)O)cc2-c2ccco2)c1. The fourth-order valence-corrected chi connectivity index (χ4v) is 4.27. The van der Waals surface area contributed by atoms with E-state index < -0.39 is 7.60 Å². The Kier molecular flexibility index (Phi) is 10.2. The number of nitrogens with one attached hydrogen (secondary N) is 1. The van der Waals surface area contributed by atoms with Gasteiger partial charge in [0, 0.05) is 6.54 Å². The first-order valence-corrected chi connectivity index (χ1v) is 13.4. The minimum absolute atomic E-state index is 0.107. The van der Waals surface area contributed by atoms with E-state index in [0.29, 0.717) is 26.1 Å². The molecule has 0 saturated carbocycles. The summed E-state index contributed by atoms with van der Waals surface area (Å²) in [6.07, 6.45) is 6.11. The molecule has 0 amide bonds. The predicted molar refractivity (Wildman–Crippen MR) is 133 cm³/mol. The van der Waals surface area contributed by atoms with Crippen molar-refractivity contribution in [3.63, 3.8) is 0 Å². The second-order valence-electron chi connectivity index (χ2n) is 8.24. The zero-order valence-corrected chi connectivity index (χ0v) is 20.5. The van der Waals surface area contributed by atoms with Gasteiger partial charge in [0.2, 0.25) is 0 Å². The van der Waals surface area contributed by atoms with Crippen LogP contribution in [-0.4, -0.2) is 36.2 Å². The van der Waals surface area contributed by atoms with Crippen LogP contribution in [0.3, 0.4) is 0 Å². The molecule has 1 heterocycles. The van der Waals surface area contributed by atoms with Crippen molar-refractivity contribution in [2.75, 3.05) is 26.4 Å². The monoisotopic (exact) mass is 487 g/mol. The van der Waals surface area contributed by atoms with Crippen LogP contribution < -0.4 is 14.8 Å². The van der Waals surface area contributed by atoms with Crippen molar-refractivity contribution < 1.29 is 28.2 Å². The lowest BCUT2D eigenvalue weighted by molar-refractivity contribution is 0.305. The molecule has 8 heteroatoms. The van der Waals surface area contributed by atoms with Crippen LogP contribution in [0.4, 0.5) is 0 Å². The molecule has 3 N–H and O–H groups in total. The maximum Gasteiger partial charge on any atom is 0.325 e. The van der Waals surface area contributed by atoms with Crippen molar-refractivity contribution in [2.45, 2.75) is 38.6 Å². The number of aryl methyl sites for hydroxylation is 1. The Morgan fingerprint density at radius 3 is 2.62 bits per heavy atom. The zero-order valence-electron chi connectivity index (χ0n) is 19.6. The summed E-state index contributed by atoms with van der Waals surface area (Å²) < 4.78 is 27.9. The van der Waals surface area contributed by atoms with Gasteiger partial charge >= 0.3 is 7.60 Å². The van der Waals surface area contributed by atoms with Gasteiger partial charge in [0.1, 0.15) is 17.3 Å². The molecule has 1 aromatic heterocycles. The fraction of sp³-hybridized carbons (Fsp3) is 0.385. The number of hydrogen-bond acceptors (Lipinski definition) is 5. The molecule has 0 atom stereocenters. The van der Waals surface area contributed by atoms with E-state index in [9.17, 15) is 4.57 Å². The fourth-order valence-electron chi connectivity index (χ4n) is 3.70. The van der Waals surface area contributed by atoms with E-state index in [1.165, 1.54) is 5.56 Å². The molecule has 0 aliphatic rings. The first kappa shape index (κ1) is 26.0. The highest BCUT2D eigenvalue weighted by Gasteiger charge is 2.12. The van der Waals surface area contributed by atoms with E-state index in [2.05, 4.69) is 17.4 Å². The molecule has 0 aliphatic carbocycles. The molecule has 3 rings (SSSR count). The van der Waals surface area contributed by atoms with Crippen molar-refractivity contribution in [3.05, 3.63) is 72.0 Å². The Bertz CT molecular complexity index is 1050. The molecule has 3 aromatic rings. The molecule has 0 fully saturated rings. The Hall–Kier alpha value is -2.57. The van der Waals surface area contributed by atoms with Gasteiger partial charge in [0.15, 0.2) is 0 Å². The molecular formula is C26H34NO6P. The van der Waals surface area contributed by atoms with E-state index >= 15 is 0 Å². The van der Waals surface area contributed by atoms with Gasteiger partial charge in [-0.25, -0.2) is 0 Å². The molecule has 0 spiro atoms. The van der Waals surface area contributed by atoms with Gasteiger partial charge in [-0.1, -0.05) is 18.2 Å². The quantitative estimate of drug-likeness (QED) is 0.195. The van der Waals surface area contributed by atoms with Gasteiger partial charge in [-0.2, -0.15) is 0 Å². The first-order valence-electron chi connectivity index (χ1n) is 11.6. The minimum atomic E-state index is -3.94. The van der Waals surface area contributed by atoms with Gasteiger partial charge in [0.25, 0.3) is 0 Å². The minimum Gasteiger partial charge on any atom is -0.497 e. The number of benzene rings is 2. The van der Waals surface area contributed by atoms with Crippen LogP contribution in [0.5, 0.6) is 11.5 Å². The molecule has 0 bridgehead atoms. The molecule has 7 nitrogen and oxygen atoms in total. The third-order valence-corrected chi connectivity index (χ3v) is 6.36. The Labute approximate surface area is 201 Å². The van der Waals surface area contributed by atoms with E-state index in [-0.39, 0.29) is 6.16 Å². The summed E-state index contributed by atoms with van der Waals surface area (Å²) in [4.78, 5) is 17.9. The number of unbranched alkanes of at least 4 members (excludes halogenated alkanes) is 2. The van der Waals surface area contributed by atoms with Gasteiger partial charge in [-0.3, -0.25) is 4.57 Å². The highest BCUT2D eigenvalue weighted by molar-refractivity contribution is 7.51. The van der Waals surface area contributed by atoms with Crippen molar-refractivity contribution in [2.24, 2.45) is 0 Å². The van der Waals surface area contributed by atoms with Crippen molar-refractivity contribution in [1.82, 2.24) is 5.32 Å². The Morgan fingerprint density at radius 1 is 0.971 bits per heavy atom. The summed E-state index contributed by atoms with van der Waals surface area (Å²) in [5, 5.41) is 3.23. The van der Waals surface area contributed by atoms with Crippen molar-refractivity contribution in [1.29, 1.82) is 0 Å². The lowest BCUT2D eigenvalue weighted by Crippen LogP contribution is -2.16. The van der Waals surface area contributed by atoms with Crippen LogP contribution in [0.15, 0.2) is 65.3 Å². The van der Waals surface area contributed by atoms with Crippen LogP contribution in [0, 0.1) is 0 Å². The molecular weight excluding hydrogens is 453 g/mol.